The number of aromatic nitrogens is 2. The number of amides is 1. The number of para-hydroxylation sites is 1. The van der Waals surface area contributed by atoms with Crippen LogP contribution < -0.4 is 0 Å². The fourth-order valence-corrected chi connectivity index (χ4v) is 3.24. The molecule has 0 spiro atoms. The molecule has 1 amide bonds. The van der Waals surface area contributed by atoms with Gasteiger partial charge in [0, 0.05) is 19.3 Å². The van der Waals surface area contributed by atoms with Crippen LogP contribution in [0.2, 0.25) is 0 Å². The molecule has 1 saturated heterocycles. The monoisotopic (exact) mass is 344 g/mol. The molecule has 2 heterocycles. The molecule has 25 heavy (non-hydrogen) atoms. The molecule has 134 valence electrons. The maximum absolute atomic E-state index is 13.9. The highest BCUT2D eigenvalue weighted by Crippen LogP contribution is 2.22. The summed E-state index contributed by atoms with van der Waals surface area (Å²) in [6.45, 7) is 2.62. The Kier molecular flexibility index (Phi) is 5.48. The van der Waals surface area contributed by atoms with Gasteiger partial charge in [-0.2, -0.15) is 5.10 Å². The number of halogens is 1. The molecule has 1 fully saturated rings. The van der Waals surface area contributed by atoms with Gasteiger partial charge in [0.25, 0.3) is 5.91 Å². The smallest absolute Gasteiger partial charge is 0.274 e. The van der Waals surface area contributed by atoms with E-state index in [1.165, 1.54) is 17.2 Å². The van der Waals surface area contributed by atoms with Crippen molar-refractivity contribution in [1.82, 2.24) is 19.6 Å². The van der Waals surface area contributed by atoms with Gasteiger partial charge in [-0.1, -0.05) is 12.1 Å². The lowest BCUT2D eigenvalue weighted by Crippen LogP contribution is -2.39. The second kappa shape index (κ2) is 7.78. The number of likely N-dealkylation sites (tertiary alicyclic amines) is 1. The molecule has 2 aromatic rings. The van der Waals surface area contributed by atoms with E-state index in [0.29, 0.717) is 17.3 Å². The van der Waals surface area contributed by atoms with Crippen LogP contribution in [0.5, 0.6) is 0 Å². The van der Waals surface area contributed by atoms with E-state index in [2.05, 4.69) is 24.1 Å². The highest BCUT2D eigenvalue weighted by molar-refractivity contribution is 5.92. The second-order valence-corrected chi connectivity index (χ2v) is 6.92. The Morgan fingerprint density at radius 2 is 1.96 bits per heavy atom. The van der Waals surface area contributed by atoms with Crippen LogP contribution in [0.4, 0.5) is 4.39 Å². The van der Waals surface area contributed by atoms with Gasteiger partial charge in [0.05, 0.1) is 0 Å². The summed E-state index contributed by atoms with van der Waals surface area (Å²) >= 11 is 0. The summed E-state index contributed by atoms with van der Waals surface area (Å²) in [4.78, 5) is 16.7. The first kappa shape index (κ1) is 17.6. The quantitative estimate of drug-likeness (QED) is 0.837. The van der Waals surface area contributed by atoms with Crippen LogP contribution >= 0.6 is 0 Å². The van der Waals surface area contributed by atoms with Crippen LogP contribution in [-0.2, 0) is 0 Å². The first-order valence-electron chi connectivity index (χ1n) is 8.79. The summed E-state index contributed by atoms with van der Waals surface area (Å²) in [6, 6.07) is 8.08. The van der Waals surface area contributed by atoms with Gasteiger partial charge < -0.3 is 9.80 Å². The minimum absolute atomic E-state index is 0.0684. The molecular formula is C19H25FN4O. The average Bonchev–Trinajstić information content (AvgIpc) is 3.10. The van der Waals surface area contributed by atoms with Gasteiger partial charge in [-0.3, -0.25) is 4.79 Å². The van der Waals surface area contributed by atoms with Gasteiger partial charge in [-0.15, -0.1) is 0 Å². The average molecular weight is 344 g/mol. The minimum Gasteiger partial charge on any atom is -0.337 e. The molecule has 0 bridgehead atoms. The standard InChI is InChI=1S/C19H25FN4O/c1-22(2)11-7-15-8-12-23(13-9-15)19(25)17-10-14-24(21-17)18-6-4-3-5-16(18)20/h3-6,10,14-15H,7-9,11-13H2,1-2H3. The molecule has 1 aromatic carbocycles. The maximum atomic E-state index is 13.9. The zero-order chi connectivity index (χ0) is 17.8. The lowest BCUT2D eigenvalue weighted by molar-refractivity contribution is 0.0677. The fraction of sp³-hybridized carbons (Fsp3) is 0.474. The van der Waals surface area contributed by atoms with Crippen molar-refractivity contribution in [2.75, 3.05) is 33.7 Å². The number of carbonyl (C=O) groups excluding carboxylic acids is 1. The highest BCUT2D eigenvalue weighted by atomic mass is 19.1. The number of nitrogens with zero attached hydrogens (tertiary/aromatic N) is 4. The Bertz CT molecular complexity index is 720. The summed E-state index contributed by atoms with van der Waals surface area (Å²) < 4.78 is 15.3. The van der Waals surface area contributed by atoms with Crippen molar-refractivity contribution in [3.63, 3.8) is 0 Å². The summed E-state index contributed by atoms with van der Waals surface area (Å²) in [5, 5.41) is 4.27. The first-order valence-corrected chi connectivity index (χ1v) is 8.79. The highest BCUT2D eigenvalue weighted by Gasteiger charge is 2.25. The summed E-state index contributed by atoms with van der Waals surface area (Å²) in [7, 11) is 4.18. The molecule has 1 aliphatic heterocycles. The first-order chi connectivity index (χ1) is 12.0. The van der Waals surface area contributed by atoms with E-state index in [9.17, 15) is 9.18 Å². The molecular weight excluding hydrogens is 319 g/mol. The van der Waals surface area contributed by atoms with Gasteiger partial charge >= 0.3 is 0 Å². The molecule has 0 atom stereocenters. The van der Waals surface area contributed by atoms with E-state index in [0.717, 1.165) is 32.5 Å². The summed E-state index contributed by atoms with van der Waals surface area (Å²) in [5.41, 5.74) is 0.721. The summed E-state index contributed by atoms with van der Waals surface area (Å²) in [5.74, 6) is 0.259. The van der Waals surface area contributed by atoms with Gasteiger partial charge in [0.1, 0.15) is 11.5 Å². The summed E-state index contributed by atoms with van der Waals surface area (Å²) in [6.07, 6.45) is 4.88. The lowest BCUT2D eigenvalue weighted by atomic mass is 9.93. The third kappa shape index (κ3) is 4.25. The van der Waals surface area contributed by atoms with Crippen LogP contribution in [0.15, 0.2) is 36.5 Å². The number of hydrogen-bond acceptors (Lipinski definition) is 3. The van der Waals surface area contributed by atoms with E-state index in [4.69, 9.17) is 0 Å². The fourth-order valence-electron chi connectivity index (χ4n) is 3.24. The zero-order valence-corrected chi connectivity index (χ0v) is 14.9. The third-order valence-corrected chi connectivity index (χ3v) is 4.79. The molecule has 0 unspecified atom stereocenters. The normalized spacial score (nSPS) is 15.8. The Balaban J connectivity index is 1.60. The van der Waals surface area contributed by atoms with Crippen LogP contribution in [0, 0.1) is 11.7 Å². The van der Waals surface area contributed by atoms with Crippen LogP contribution in [0.3, 0.4) is 0 Å². The van der Waals surface area contributed by atoms with Gasteiger partial charge in [0.15, 0.2) is 5.69 Å². The third-order valence-electron chi connectivity index (χ3n) is 4.79. The molecule has 6 heteroatoms. The van der Waals surface area contributed by atoms with Crippen molar-refractivity contribution in [1.29, 1.82) is 0 Å². The van der Waals surface area contributed by atoms with Gasteiger partial charge in [-0.25, -0.2) is 9.07 Å². The van der Waals surface area contributed by atoms with E-state index < -0.39 is 0 Å². The molecule has 0 saturated carbocycles. The van der Waals surface area contributed by atoms with Crippen molar-refractivity contribution < 1.29 is 9.18 Å². The minimum atomic E-state index is -0.355. The molecule has 5 nitrogen and oxygen atoms in total. The molecule has 1 aromatic heterocycles. The van der Waals surface area contributed by atoms with E-state index in [-0.39, 0.29) is 11.7 Å². The van der Waals surface area contributed by atoms with Crippen molar-refractivity contribution in [3.05, 3.63) is 48.0 Å². The van der Waals surface area contributed by atoms with E-state index in [1.54, 1.807) is 30.5 Å². The predicted octanol–water partition coefficient (Wildman–Crippen LogP) is 2.82. The number of carbonyl (C=O) groups is 1. The topological polar surface area (TPSA) is 41.4 Å². The molecule has 0 N–H and O–H groups in total. The number of piperidine rings is 1. The Labute approximate surface area is 148 Å². The Morgan fingerprint density at radius 1 is 1.24 bits per heavy atom. The van der Waals surface area contributed by atoms with Crippen LogP contribution in [0.1, 0.15) is 29.8 Å². The SMILES string of the molecule is CN(C)CCC1CCN(C(=O)c2ccn(-c3ccccc3F)n2)CC1. The molecule has 1 aliphatic rings. The predicted molar refractivity (Wildman–Crippen MR) is 95.3 cm³/mol. The maximum Gasteiger partial charge on any atom is 0.274 e. The van der Waals surface area contributed by atoms with Crippen LogP contribution in [-0.4, -0.2) is 59.2 Å². The Morgan fingerprint density at radius 3 is 2.64 bits per heavy atom. The van der Waals surface area contributed by atoms with Crippen molar-refractivity contribution in [2.24, 2.45) is 5.92 Å². The molecule has 0 radical (unpaired) electrons. The number of hydrogen-bond donors (Lipinski definition) is 0. The van der Waals surface area contributed by atoms with Crippen molar-refractivity contribution in [2.45, 2.75) is 19.3 Å². The second-order valence-electron chi connectivity index (χ2n) is 6.92. The Hall–Kier alpha value is -2.21. The number of rotatable bonds is 5. The van der Waals surface area contributed by atoms with E-state index in [1.807, 2.05) is 4.90 Å². The molecule has 3 rings (SSSR count). The number of benzene rings is 1. The van der Waals surface area contributed by atoms with Crippen molar-refractivity contribution in [3.8, 4) is 5.69 Å². The van der Waals surface area contributed by atoms with Gasteiger partial charge in [0.2, 0.25) is 0 Å². The zero-order valence-electron chi connectivity index (χ0n) is 14.9. The molecule has 0 aliphatic carbocycles. The van der Waals surface area contributed by atoms with Crippen LogP contribution in [0.25, 0.3) is 5.69 Å². The van der Waals surface area contributed by atoms with Crippen molar-refractivity contribution >= 4 is 5.91 Å². The van der Waals surface area contributed by atoms with Gasteiger partial charge in [-0.05, 0) is 64.0 Å². The largest absolute Gasteiger partial charge is 0.337 e. The van der Waals surface area contributed by atoms with E-state index >= 15 is 0 Å². The lowest BCUT2D eigenvalue weighted by Gasteiger charge is -2.32.